The smallest absolute Gasteiger partial charge is 0.0751 e. The normalized spacial score (nSPS) is 15.0. The Balaban J connectivity index is 2.15. The summed E-state index contributed by atoms with van der Waals surface area (Å²) in [6.45, 7) is 7.10. The van der Waals surface area contributed by atoms with Crippen molar-refractivity contribution in [2.45, 2.75) is 39.3 Å². The van der Waals surface area contributed by atoms with Gasteiger partial charge in [-0.15, -0.1) is 11.3 Å². The molecule has 0 aliphatic carbocycles. The fourth-order valence-electron chi connectivity index (χ4n) is 2.56. The van der Waals surface area contributed by atoms with E-state index in [0.29, 0.717) is 5.92 Å². The van der Waals surface area contributed by atoms with Crippen molar-refractivity contribution in [2.75, 3.05) is 6.61 Å². The molecule has 1 aromatic heterocycles. The summed E-state index contributed by atoms with van der Waals surface area (Å²) in [6.07, 6.45) is 1.01. The highest BCUT2D eigenvalue weighted by atomic mass is 32.1. The van der Waals surface area contributed by atoms with Gasteiger partial charge >= 0.3 is 0 Å². The second-order valence-corrected chi connectivity index (χ2v) is 6.20. The number of ether oxygens (including phenoxy) is 1. The highest BCUT2D eigenvalue weighted by Crippen LogP contribution is 2.27. The molecule has 0 saturated carbocycles. The first-order valence-corrected chi connectivity index (χ1v) is 7.83. The molecule has 2 aromatic rings. The Morgan fingerprint density at radius 2 is 2.00 bits per heavy atom. The number of hydrogen-bond donors (Lipinski definition) is 1. The molecule has 1 aromatic carbocycles. The van der Waals surface area contributed by atoms with E-state index < -0.39 is 0 Å². The Morgan fingerprint density at radius 3 is 2.68 bits per heavy atom. The lowest BCUT2D eigenvalue weighted by Gasteiger charge is -2.27. The van der Waals surface area contributed by atoms with Crippen molar-refractivity contribution in [3.05, 3.63) is 35.2 Å². The van der Waals surface area contributed by atoms with Gasteiger partial charge in [-0.05, 0) is 41.7 Å². The van der Waals surface area contributed by atoms with Gasteiger partial charge in [-0.1, -0.05) is 32.0 Å². The van der Waals surface area contributed by atoms with Crippen LogP contribution in [0.5, 0.6) is 0 Å². The van der Waals surface area contributed by atoms with E-state index in [-0.39, 0.29) is 12.1 Å². The fourth-order valence-corrected chi connectivity index (χ4v) is 3.54. The number of benzene rings is 1. The highest BCUT2D eigenvalue weighted by molar-refractivity contribution is 7.17. The number of rotatable bonds is 6. The second-order valence-electron chi connectivity index (χ2n) is 5.29. The van der Waals surface area contributed by atoms with Crippen molar-refractivity contribution in [3.8, 4) is 0 Å². The molecule has 19 heavy (non-hydrogen) atoms. The van der Waals surface area contributed by atoms with E-state index in [4.69, 9.17) is 10.5 Å². The maximum Gasteiger partial charge on any atom is 0.0751 e. The molecule has 0 aliphatic heterocycles. The van der Waals surface area contributed by atoms with Gasteiger partial charge in [0, 0.05) is 17.3 Å². The van der Waals surface area contributed by atoms with Gasteiger partial charge in [0.25, 0.3) is 0 Å². The standard InChI is InChI=1S/C16H23NOS/c1-4-18-16(11(2)3)14(17)9-12-10-19-15-8-6-5-7-13(12)15/h5-8,10-11,14,16H,4,9,17H2,1-3H3. The molecule has 0 radical (unpaired) electrons. The maximum atomic E-state index is 6.37. The molecule has 0 bridgehead atoms. The molecule has 0 aliphatic rings. The summed E-state index contributed by atoms with van der Waals surface area (Å²) in [6, 6.07) is 8.57. The highest BCUT2D eigenvalue weighted by Gasteiger charge is 2.22. The van der Waals surface area contributed by atoms with Gasteiger partial charge in [-0.25, -0.2) is 0 Å². The van der Waals surface area contributed by atoms with E-state index in [1.165, 1.54) is 15.6 Å². The van der Waals surface area contributed by atoms with Gasteiger partial charge in [-0.2, -0.15) is 0 Å². The number of nitrogens with two attached hydrogens (primary N) is 1. The monoisotopic (exact) mass is 277 g/mol. The van der Waals surface area contributed by atoms with Crippen molar-refractivity contribution >= 4 is 21.4 Å². The number of thiophene rings is 1. The van der Waals surface area contributed by atoms with Gasteiger partial charge < -0.3 is 10.5 Å². The minimum Gasteiger partial charge on any atom is -0.377 e. The summed E-state index contributed by atoms with van der Waals surface area (Å²) in [7, 11) is 0. The van der Waals surface area contributed by atoms with Crippen LogP contribution in [0.1, 0.15) is 26.3 Å². The average Bonchev–Trinajstić information content (AvgIpc) is 2.79. The average molecular weight is 277 g/mol. The lowest BCUT2D eigenvalue weighted by Crippen LogP contribution is -2.42. The molecule has 104 valence electrons. The van der Waals surface area contributed by atoms with Crippen LogP contribution in [0.4, 0.5) is 0 Å². The number of fused-ring (bicyclic) bond motifs is 1. The summed E-state index contributed by atoms with van der Waals surface area (Å²) in [5.74, 6) is 0.444. The molecule has 2 unspecified atom stereocenters. The third kappa shape index (κ3) is 3.35. The van der Waals surface area contributed by atoms with Gasteiger partial charge in [0.1, 0.15) is 0 Å². The summed E-state index contributed by atoms with van der Waals surface area (Å²) in [4.78, 5) is 0. The minimum absolute atomic E-state index is 0.0537. The zero-order valence-electron chi connectivity index (χ0n) is 11.9. The fraction of sp³-hybridized carbons (Fsp3) is 0.500. The Hall–Kier alpha value is -0.900. The predicted octanol–water partition coefficient (Wildman–Crippen LogP) is 3.83. The molecule has 0 fully saturated rings. The first kappa shape index (κ1) is 14.5. The number of hydrogen-bond acceptors (Lipinski definition) is 3. The first-order valence-electron chi connectivity index (χ1n) is 6.95. The topological polar surface area (TPSA) is 35.2 Å². The summed E-state index contributed by atoms with van der Waals surface area (Å²) >= 11 is 1.79. The van der Waals surface area contributed by atoms with Gasteiger partial charge in [0.15, 0.2) is 0 Å². The van der Waals surface area contributed by atoms with Gasteiger partial charge in [0.2, 0.25) is 0 Å². The molecule has 0 amide bonds. The molecular formula is C16H23NOS. The van der Waals surface area contributed by atoms with E-state index in [2.05, 4.69) is 43.5 Å². The minimum atomic E-state index is 0.0537. The first-order chi connectivity index (χ1) is 9.13. The Labute approximate surface area is 119 Å². The molecule has 2 N–H and O–H groups in total. The Morgan fingerprint density at radius 1 is 1.26 bits per heavy atom. The van der Waals surface area contributed by atoms with Crippen molar-refractivity contribution in [1.82, 2.24) is 0 Å². The molecule has 1 heterocycles. The van der Waals surface area contributed by atoms with Crippen molar-refractivity contribution in [3.63, 3.8) is 0 Å². The molecule has 0 saturated heterocycles. The van der Waals surface area contributed by atoms with Crippen LogP contribution in [0, 0.1) is 5.92 Å². The molecule has 2 nitrogen and oxygen atoms in total. The van der Waals surface area contributed by atoms with Gasteiger partial charge in [-0.3, -0.25) is 0 Å². The molecular weight excluding hydrogens is 254 g/mol. The second kappa shape index (κ2) is 6.51. The van der Waals surface area contributed by atoms with Crippen LogP contribution in [-0.4, -0.2) is 18.8 Å². The summed E-state index contributed by atoms with van der Waals surface area (Å²) in [5.41, 5.74) is 7.71. The maximum absolute atomic E-state index is 6.37. The molecule has 2 atom stereocenters. The zero-order valence-corrected chi connectivity index (χ0v) is 12.7. The van der Waals surface area contributed by atoms with E-state index >= 15 is 0 Å². The van der Waals surface area contributed by atoms with E-state index in [1.807, 2.05) is 6.92 Å². The zero-order chi connectivity index (χ0) is 13.8. The largest absolute Gasteiger partial charge is 0.377 e. The quantitative estimate of drug-likeness (QED) is 0.871. The SMILES string of the molecule is CCOC(C(C)C)C(N)Cc1csc2ccccc12. The third-order valence-corrected chi connectivity index (χ3v) is 4.47. The van der Waals surface area contributed by atoms with Crippen LogP contribution in [0.15, 0.2) is 29.6 Å². The van der Waals surface area contributed by atoms with Crippen LogP contribution in [0.25, 0.3) is 10.1 Å². The van der Waals surface area contributed by atoms with Crippen molar-refractivity contribution < 1.29 is 4.74 Å². The molecule has 0 spiro atoms. The molecule has 3 heteroatoms. The van der Waals surface area contributed by atoms with Crippen LogP contribution in [0.2, 0.25) is 0 Å². The van der Waals surface area contributed by atoms with E-state index in [9.17, 15) is 0 Å². The van der Waals surface area contributed by atoms with Crippen LogP contribution in [-0.2, 0) is 11.2 Å². The van der Waals surface area contributed by atoms with Crippen molar-refractivity contribution in [1.29, 1.82) is 0 Å². The van der Waals surface area contributed by atoms with Gasteiger partial charge in [0.05, 0.1) is 6.10 Å². The van der Waals surface area contributed by atoms with Crippen LogP contribution < -0.4 is 5.73 Å². The van der Waals surface area contributed by atoms with Crippen molar-refractivity contribution in [2.24, 2.45) is 11.7 Å². The Bertz CT molecular complexity index is 520. The predicted molar refractivity (Wildman–Crippen MR) is 83.8 cm³/mol. The van der Waals surface area contributed by atoms with Crippen LogP contribution >= 0.6 is 11.3 Å². The lowest BCUT2D eigenvalue weighted by atomic mass is 9.94. The lowest BCUT2D eigenvalue weighted by molar-refractivity contribution is 0.0128. The molecule has 2 rings (SSSR count). The Kier molecular flexibility index (Phi) is 4.97. The van der Waals surface area contributed by atoms with Crippen LogP contribution in [0.3, 0.4) is 0 Å². The summed E-state index contributed by atoms with van der Waals surface area (Å²) < 4.78 is 7.14. The third-order valence-electron chi connectivity index (χ3n) is 3.45. The van der Waals surface area contributed by atoms with E-state index in [1.54, 1.807) is 11.3 Å². The van der Waals surface area contributed by atoms with E-state index in [0.717, 1.165) is 13.0 Å². The summed E-state index contributed by atoms with van der Waals surface area (Å²) in [5, 5.41) is 3.57.